The smallest absolute Gasteiger partial charge is 0.324 e. The third kappa shape index (κ3) is 2.14. The minimum Gasteiger partial charge on any atom is -0.468 e. The van der Waals surface area contributed by atoms with Crippen molar-refractivity contribution in [2.24, 2.45) is 40.4 Å². The van der Waals surface area contributed by atoms with E-state index < -0.39 is 5.41 Å². The fraction of sp³-hybridized carbons (Fsp3) is 0.739. The molecule has 7 atom stereocenters. The fourth-order valence-corrected chi connectivity index (χ4v) is 7.44. The number of ketones is 1. The lowest BCUT2D eigenvalue weighted by atomic mass is 9.47. The van der Waals surface area contributed by atoms with Gasteiger partial charge in [-0.25, -0.2) is 0 Å². The molecule has 3 fully saturated rings. The summed E-state index contributed by atoms with van der Waals surface area (Å²) in [6, 6.07) is 0. The molecular weight excluding hydrogens is 324 g/mol. The first kappa shape index (κ1) is 17.8. The minimum atomic E-state index is -0.768. The van der Waals surface area contributed by atoms with Crippen LogP contribution in [0.1, 0.15) is 58.8 Å². The van der Waals surface area contributed by atoms with Gasteiger partial charge in [0.15, 0.2) is 5.78 Å². The zero-order valence-electron chi connectivity index (χ0n) is 16.2. The van der Waals surface area contributed by atoms with Gasteiger partial charge in [0.1, 0.15) is 5.41 Å². The first-order valence-corrected chi connectivity index (χ1v) is 10.2. The zero-order chi connectivity index (χ0) is 18.7. The lowest BCUT2D eigenvalue weighted by Crippen LogP contribution is -2.53. The van der Waals surface area contributed by atoms with Crippen LogP contribution in [0.25, 0.3) is 0 Å². The Labute approximate surface area is 156 Å². The Balaban J connectivity index is 1.71. The Bertz CT molecular complexity index is 713. The third-order valence-corrected chi connectivity index (χ3v) is 8.62. The van der Waals surface area contributed by atoms with E-state index in [1.807, 2.05) is 6.08 Å². The van der Waals surface area contributed by atoms with Crippen LogP contribution >= 0.6 is 0 Å². The molecule has 4 aliphatic carbocycles. The maximum Gasteiger partial charge on any atom is 0.324 e. The molecule has 0 heterocycles. The van der Waals surface area contributed by atoms with Crippen LogP contribution in [0.2, 0.25) is 0 Å². The van der Waals surface area contributed by atoms with Crippen molar-refractivity contribution in [2.75, 3.05) is 7.11 Å². The summed E-state index contributed by atoms with van der Waals surface area (Å²) < 4.78 is 5.18. The summed E-state index contributed by atoms with van der Waals surface area (Å²) in [5, 5.41) is 0. The lowest BCUT2D eigenvalue weighted by molar-refractivity contribution is -0.160. The first-order chi connectivity index (χ1) is 12.4. The van der Waals surface area contributed by atoms with Crippen molar-refractivity contribution in [1.82, 2.24) is 0 Å². The highest BCUT2D eigenvalue weighted by Gasteiger charge is 2.66. The summed E-state index contributed by atoms with van der Waals surface area (Å²) in [5.74, 6) is 5.84. The molecule has 0 aromatic heterocycles. The van der Waals surface area contributed by atoms with Crippen molar-refractivity contribution in [1.29, 1.82) is 0 Å². The van der Waals surface area contributed by atoms with E-state index in [0.717, 1.165) is 38.5 Å². The number of terminal acetylenes is 1. The molecule has 0 saturated heterocycles. The monoisotopic (exact) mass is 354 g/mol. The maximum absolute atomic E-state index is 12.7. The van der Waals surface area contributed by atoms with Gasteiger partial charge in [0.2, 0.25) is 0 Å². The second-order valence-electron chi connectivity index (χ2n) is 9.40. The highest BCUT2D eigenvalue weighted by atomic mass is 16.5. The van der Waals surface area contributed by atoms with E-state index in [0.29, 0.717) is 41.8 Å². The molecule has 0 N–H and O–H groups in total. The van der Waals surface area contributed by atoms with E-state index in [2.05, 4.69) is 19.8 Å². The van der Waals surface area contributed by atoms with E-state index in [1.54, 1.807) is 0 Å². The summed E-state index contributed by atoms with van der Waals surface area (Å²) in [6.45, 7) is 4.59. The molecule has 4 aliphatic rings. The van der Waals surface area contributed by atoms with Gasteiger partial charge in [-0.1, -0.05) is 25.3 Å². The molecule has 0 radical (unpaired) electrons. The molecule has 4 rings (SSSR count). The van der Waals surface area contributed by atoms with E-state index in [9.17, 15) is 9.59 Å². The van der Waals surface area contributed by atoms with Gasteiger partial charge >= 0.3 is 5.97 Å². The summed E-state index contributed by atoms with van der Waals surface area (Å²) in [7, 11) is 1.46. The molecule has 0 aromatic carbocycles. The van der Waals surface area contributed by atoms with Crippen molar-refractivity contribution in [3.05, 3.63) is 11.6 Å². The average Bonchev–Trinajstić information content (AvgIpc) is 2.93. The highest BCUT2D eigenvalue weighted by molar-refractivity contribution is 5.91. The molecule has 0 bridgehead atoms. The van der Waals surface area contributed by atoms with Crippen LogP contribution in [0.3, 0.4) is 0 Å². The number of carbonyl (C=O) groups excluding carboxylic acids is 2. The molecular formula is C23H30O3. The predicted molar refractivity (Wildman–Crippen MR) is 99.9 cm³/mol. The molecule has 140 valence electrons. The molecule has 0 aromatic rings. The van der Waals surface area contributed by atoms with Gasteiger partial charge < -0.3 is 4.74 Å². The van der Waals surface area contributed by atoms with Crippen LogP contribution in [0.4, 0.5) is 0 Å². The van der Waals surface area contributed by atoms with E-state index >= 15 is 0 Å². The largest absolute Gasteiger partial charge is 0.468 e. The molecule has 0 amide bonds. The molecule has 3 saturated carbocycles. The maximum atomic E-state index is 12.7. The van der Waals surface area contributed by atoms with E-state index in [1.165, 1.54) is 12.7 Å². The lowest BCUT2D eigenvalue weighted by Gasteiger charge is -2.57. The highest BCUT2D eigenvalue weighted by Crippen LogP contribution is 2.68. The van der Waals surface area contributed by atoms with Crippen LogP contribution in [0.5, 0.6) is 0 Å². The Morgan fingerprint density at radius 1 is 1.31 bits per heavy atom. The van der Waals surface area contributed by atoms with Crippen molar-refractivity contribution < 1.29 is 14.3 Å². The molecule has 3 heteroatoms. The third-order valence-electron chi connectivity index (χ3n) is 8.62. The van der Waals surface area contributed by atoms with Gasteiger partial charge in [-0.3, -0.25) is 9.59 Å². The molecule has 3 nitrogen and oxygen atoms in total. The first-order valence-electron chi connectivity index (χ1n) is 10.2. The number of carbonyl (C=O) groups is 2. The number of hydrogen-bond acceptors (Lipinski definition) is 3. The Hall–Kier alpha value is -1.56. The second kappa shape index (κ2) is 5.98. The normalized spacial score (nSPS) is 47.1. The van der Waals surface area contributed by atoms with Gasteiger partial charge in [-0.05, 0) is 79.6 Å². The minimum absolute atomic E-state index is 0.171. The topological polar surface area (TPSA) is 43.4 Å². The summed E-state index contributed by atoms with van der Waals surface area (Å²) in [6.07, 6.45) is 14.5. The number of rotatable bonds is 1. The van der Waals surface area contributed by atoms with Crippen LogP contribution in [-0.4, -0.2) is 18.9 Å². The molecule has 0 spiro atoms. The average molecular weight is 354 g/mol. The second-order valence-corrected chi connectivity index (χ2v) is 9.40. The zero-order valence-corrected chi connectivity index (χ0v) is 16.2. The van der Waals surface area contributed by atoms with Crippen LogP contribution < -0.4 is 0 Å². The molecule has 4 unspecified atom stereocenters. The number of esters is 1. The molecule has 0 aliphatic heterocycles. The number of ether oxygens (including phenoxy) is 1. The number of hydrogen-bond donors (Lipinski definition) is 0. The fourth-order valence-electron chi connectivity index (χ4n) is 7.44. The number of methoxy groups -OCH3 is 1. The number of fused-ring (bicyclic) bond motifs is 5. The van der Waals surface area contributed by atoms with Crippen molar-refractivity contribution >= 4 is 11.8 Å². The van der Waals surface area contributed by atoms with Crippen molar-refractivity contribution in [2.45, 2.75) is 58.8 Å². The standard InChI is InChI=1S/C23H30O3/c1-5-23(21(25)26-4)11-9-19-20-14(2)12-15-13-16(24)6-7-17(15)18(20)8-10-22(19,23)3/h1,13-14,17-20H,6-12H2,2-4H3/t14-,17?,18?,19?,20?,22+,23+/m1/s1. The predicted octanol–water partition coefficient (Wildman–Crippen LogP) is 4.17. The van der Waals surface area contributed by atoms with Crippen molar-refractivity contribution in [3.63, 3.8) is 0 Å². The van der Waals surface area contributed by atoms with Crippen LogP contribution in [0, 0.1) is 52.8 Å². The molecule has 26 heavy (non-hydrogen) atoms. The van der Waals surface area contributed by atoms with Gasteiger partial charge in [-0.15, -0.1) is 6.42 Å². The van der Waals surface area contributed by atoms with Gasteiger partial charge in [-0.2, -0.15) is 0 Å². The van der Waals surface area contributed by atoms with E-state index in [4.69, 9.17) is 11.2 Å². The Morgan fingerprint density at radius 2 is 2.08 bits per heavy atom. The van der Waals surface area contributed by atoms with Crippen LogP contribution in [-0.2, 0) is 14.3 Å². The summed E-state index contributed by atoms with van der Waals surface area (Å²) in [4.78, 5) is 24.6. The summed E-state index contributed by atoms with van der Waals surface area (Å²) in [5.41, 5.74) is 0.457. The van der Waals surface area contributed by atoms with Gasteiger partial charge in [0.05, 0.1) is 7.11 Å². The van der Waals surface area contributed by atoms with Gasteiger partial charge in [0, 0.05) is 6.42 Å². The SMILES string of the molecule is C#C[C@@]1(C(=O)OC)CCC2C3C(CC[C@@]21C)C1CCC(=O)C=C1C[C@H]3C. The van der Waals surface area contributed by atoms with E-state index in [-0.39, 0.29) is 11.4 Å². The Morgan fingerprint density at radius 3 is 2.77 bits per heavy atom. The quantitative estimate of drug-likeness (QED) is 0.524. The Kier molecular flexibility index (Phi) is 4.10. The van der Waals surface area contributed by atoms with Gasteiger partial charge in [0.25, 0.3) is 0 Å². The summed E-state index contributed by atoms with van der Waals surface area (Å²) >= 11 is 0. The number of allylic oxidation sites excluding steroid dienone is 1. The van der Waals surface area contributed by atoms with Crippen LogP contribution in [0.15, 0.2) is 11.6 Å². The van der Waals surface area contributed by atoms with Crippen molar-refractivity contribution in [3.8, 4) is 12.3 Å².